The lowest BCUT2D eigenvalue weighted by molar-refractivity contribution is 0.349. The van der Waals surface area contributed by atoms with E-state index in [0.717, 1.165) is 37.6 Å². The van der Waals surface area contributed by atoms with Crippen LogP contribution >= 0.6 is 11.3 Å². The predicted octanol–water partition coefficient (Wildman–Crippen LogP) is 1.48. The first-order chi connectivity index (χ1) is 8.31. The van der Waals surface area contributed by atoms with Crippen molar-refractivity contribution in [3.05, 3.63) is 23.5 Å². The van der Waals surface area contributed by atoms with Crippen LogP contribution in [0.25, 0.3) is 4.96 Å². The summed E-state index contributed by atoms with van der Waals surface area (Å²) in [5.41, 5.74) is 1.35. The Morgan fingerprint density at radius 3 is 3.18 bits per heavy atom. The van der Waals surface area contributed by atoms with Crippen molar-refractivity contribution in [3.8, 4) is 0 Å². The average Bonchev–Trinajstić information content (AvgIpc) is 2.92. The first-order valence-electron chi connectivity index (χ1n) is 6.10. The molecule has 2 heterocycles. The molecule has 5 heteroatoms. The monoisotopic (exact) mass is 252 g/mol. The van der Waals surface area contributed by atoms with Crippen molar-refractivity contribution in [3.63, 3.8) is 0 Å². The fraction of sp³-hybridized carbons (Fsp3) is 0.583. The third-order valence-corrected chi connectivity index (χ3v) is 3.89. The van der Waals surface area contributed by atoms with Crippen LogP contribution in [0.3, 0.4) is 0 Å². The first-order valence-corrected chi connectivity index (χ1v) is 6.98. The van der Waals surface area contributed by atoms with Crippen LogP contribution in [0.4, 0.5) is 0 Å². The van der Waals surface area contributed by atoms with Crippen molar-refractivity contribution < 1.29 is 0 Å². The van der Waals surface area contributed by atoms with E-state index in [9.17, 15) is 0 Å². The van der Waals surface area contributed by atoms with Crippen LogP contribution < -0.4 is 5.32 Å². The van der Waals surface area contributed by atoms with Gasteiger partial charge in [-0.05, 0) is 13.6 Å². The van der Waals surface area contributed by atoms with E-state index < -0.39 is 0 Å². The summed E-state index contributed by atoms with van der Waals surface area (Å²) >= 11 is 1.71. The Morgan fingerprint density at radius 2 is 2.35 bits per heavy atom. The van der Waals surface area contributed by atoms with Gasteiger partial charge in [0.05, 0.1) is 0 Å². The van der Waals surface area contributed by atoms with Gasteiger partial charge in [-0.3, -0.25) is 4.40 Å². The van der Waals surface area contributed by atoms with Crippen molar-refractivity contribution in [2.75, 3.05) is 33.2 Å². The van der Waals surface area contributed by atoms with Crippen molar-refractivity contribution in [1.29, 1.82) is 0 Å². The zero-order valence-electron chi connectivity index (χ0n) is 10.5. The van der Waals surface area contributed by atoms with Crippen LogP contribution in [0.15, 0.2) is 17.8 Å². The van der Waals surface area contributed by atoms with Crippen molar-refractivity contribution >= 4 is 16.3 Å². The van der Waals surface area contributed by atoms with E-state index in [2.05, 4.69) is 39.0 Å². The molecule has 0 saturated heterocycles. The van der Waals surface area contributed by atoms with Crippen LogP contribution in [-0.2, 0) is 6.42 Å². The van der Waals surface area contributed by atoms with Crippen molar-refractivity contribution in [2.24, 2.45) is 0 Å². The van der Waals surface area contributed by atoms with E-state index in [1.165, 1.54) is 5.69 Å². The van der Waals surface area contributed by atoms with Gasteiger partial charge in [-0.1, -0.05) is 6.92 Å². The maximum absolute atomic E-state index is 4.27. The average molecular weight is 252 g/mol. The number of nitrogens with one attached hydrogen (secondary N) is 1. The standard InChI is InChI=1S/C12H20N4S/c1-3-15(2)8-6-13-5-4-11-10-17-12-14-7-9-16(11)12/h7,9-10,13H,3-6,8H2,1-2H3. The summed E-state index contributed by atoms with van der Waals surface area (Å²) < 4.78 is 2.17. The van der Waals surface area contributed by atoms with Gasteiger partial charge in [0.15, 0.2) is 4.96 Å². The molecule has 0 saturated carbocycles. The quantitative estimate of drug-likeness (QED) is 0.758. The second-order valence-electron chi connectivity index (χ2n) is 4.20. The number of likely N-dealkylation sites (N-methyl/N-ethyl adjacent to an activating group) is 1. The highest BCUT2D eigenvalue weighted by Gasteiger charge is 2.02. The minimum atomic E-state index is 1.03. The number of rotatable bonds is 7. The lowest BCUT2D eigenvalue weighted by Gasteiger charge is -2.13. The van der Waals surface area contributed by atoms with Gasteiger partial charge in [0.1, 0.15) is 0 Å². The Morgan fingerprint density at radius 1 is 1.47 bits per heavy atom. The number of thiazole rings is 1. The normalized spacial score (nSPS) is 11.7. The highest BCUT2D eigenvalue weighted by atomic mass is 32.1. The summed E-state index contributed by atoms with van der Waals surface area (Å²) in [7, 11) is 2.15. The lowest BCUT2D eigenvalue weighted by atomic mass is 10.3. The Kier molecular flexibility index (Phi) is 4.53. The number of hydrogen-bond acceptors (Lipinski definition) is 4. The summed E-state index contributed by atoms with van der Waals surface area (Å²) in [6, 6.07) is 0. The fourth-order valence-electron chi connectivity index (χ4n) is 1.72. The zero-order valence-corrected chi connectivity index (χ0v) is 11.3. The topological polar surface area (TPSA) is 32.6 Å². The third kappa shape index (κ3) is 3.28. The van der Waals surface area contributed by atoms with Crippen LogP contribution in [0.1, 0.15) is 12.6 Å². The predicted molar refractivity (Wildman–Crippen MR) is 72.8 cm³/mol. The molecule has 0 aliphatic rings. The highest BCUT2D eigenvalue weighted by molar-refractivity contribution is 7.15. The molecule has 0 fully saturated rings. The van der Waals surface area contributed by atoms with Gasteiger partial charge in [0.2, 0.25) is 0 Å². The number of fused-ring (bicyclic) bond motifs is 1. The molecule has 2 rings (SSSR count). The van der Waals surface area contributed by atoms with Crippen molar-refractivity contribution in [1.82, 2.24) is 19.6 Å². The second-order valence-corrected chi connectivity index (χ2v) is 5.04. The van der Waals surface area contributed by atoms with E-state index >= 15 is 0 Å². The summed E-state index contributed by atoms with van der Waals surface area (Å²) in [4.78, 5) is 7.67. The van der Waals surface area contributed by atoms with Gasteiger partial charge in [0, 0.05) is 49.5 Å². The Labute approximate surface area is 106 Å². The van der Waals surface area contributed by atoms with Gasteiger partial charge in [0.25, 0.3) is 0 Å². The Balaban J connectivity index is 1.71. The first kappa shape index (κ1) is 12.5. The fourth-order valence-corrected chi connectivity index (χ4v) is 2.61. The molecule has 1 N–H and O–H groups in total. The Bertz CT molecular complexity index is 448. The van der Waals surface area contributed by atoms with Crippen LogP contribution in [0.5, 0.6) is 0 Å². The molecular weight excluding hydrogens is 232 g/mol. The molecule has 0 radical (unpaired) electrons. The largest absolute Gasteiger partial charge is 0.315 e. The van der Waals surface area contributed by atoms with E-state index in [-0.39, 0.29) is 0 Å². The number of imidazole rings is 1. The van der Waals surface area contributed by atoms with E-state index in [1.54, 1.807) is 11.3 Å². The molecule has 0 bridgehead atoms. The Hall–Kier alpha value is -0.910. The van der Waals surface area contributed by atoms with Gasteiger partial charge in [-0.15, -0.1) is 11.3 Å². The number of hydrogen-bond donors (Lipinski definition) is 1. The zero-order chi connectivity index (χ0) is 12.1. The minimum absolute atomic E-state index is 1.03. The molecule has 2 aromatic heterocycles. The molecule has 17 heavy (non-hydrogen) atoms. The van der Waals surface area contributed by atoms with E-state index in [4.69, 9.17) is 0 Å². The highest BCUT2D eigenvalue weighted by Crippen LogP contribution is 2.14. The molecule has 0 unspecified atom stereocenters. The summed E-state index contributed by atoms with van der Waals surface area (Å²) in [6.45, 7) is 6.49. The molecule has 0 aliphatic heterocycles. The molecule has 2 aromatic rings. The molecule has 0 atom stereocenters. The van der Waals surface area contributed by atoms with Crippen molar-refractivity contribution in [2.45, 2.75) is 13.3 Å². The molecule has 94 valence electrons. The SMILES string of the molecule is CCN(C)CCNCCc1csc2nccn12. The summed E-state index contributed by atoms with van der Waals surface area (Å²) in [6.07, 6.45) is 4.96. The van der Waals surface area contributed by atoms with Crippen LogP contribution in [-0.4, -0.2) is 47.5 Å². The van der Waals surface area contributed by atoms with E-state index in [1.807, 2.05) is 12.4 Å². The molecule has 4 nitrogen and oxygen atoms in total. The second kappa shape index (κ2) is 6.14. The molecular formula is C12H20N4S. The lowest BCUT2D eigenvalue weighted by Crippen LogP contribution is -2.30. The van der Waals surface area contributed by atoms with E-state index in [0.29, 0.717) is 0 Å². The summed E-state index contributed by atoms with van der Waals surface area (Å²) in [5, 5.41) is 5.67. The maximum atomic E-state index is 4.27. The van der Waals surface area contributed by atoms with Gasteiger partial charge in [-0.2, -0.15) is 0 Å². The van der Waals surface area contributed by atoms with Crippen LogP contribution in [0.2, 0.25) is 0 Å². The molecule has 0 spiro atoms. The minimum Gasteiger partial charge on any atom is -0.315 e. The summed E-state index contributed by atoms with van der Waals surface area (Å²) in [5.74, 6) is 0. The third-order valence-electron chi connectivity index (χ3n) is 2.98. The van der Waals surface area contributed by atoms with Crippen LogP contribution in [0, 0.1) is 0 Å². The van der Waals surface area contributed by atoms with Gasteiger partial charge >= 0.3 is 0 Å². The molecule has 0 amide bonds. The smallest absolute Gasteiger partial charge is 0.193 e. The number of nitrogens with zero attached hydrogens (tertiary/aromatic N) is 3. The molecule has 0 aromatic carbocycles. The van der Waals surface area contributed by atoms with Gasteiger partial charge < -0.3 is 10.2 Å². The van der Waals surface area contributed by atoms with Gasteiger partial charge in [-0.25, -0.2) is 4.98 Å². The molecule has 0 aliphatic carbocycles. The number of aromatic nitrogens is 2. The maximum Gasteiger partial charge on any atom is 0.193 e.